The van der Waals surface area contributed by atoms with Crippen molar-refractivity contribution in [3.8, 4) is 11.3 Å². The number of benzene rings is 1. The molecule has 1 aromatic heterocycles. The van der Waals surface area contributed by atoms with Gasteiger partial charge in [-0.3, -0.25) is 4.79 Å². The zero-order valence-electron chi connectivity index (χ0n) is 13.3. The number of aromatic nitrogens is 2. The van der Waals surface area contributed by atoms with Gasteiger partial charge in [-0.1, -0.05) is 37.1 Å². The van der Waals surface area contributed by atoms with Crippen LogP contribution in [0.5, 0.6) is 0 Å². The summed E-state index contributed by atoms with van der Waals surface area (Å²) >= 11 is 5.91. The zero-order valence-corrected chi connectivity index (χ0v) is 14.8. The van der Waals surface area contributed by atoms with E-state index in [0.29, 0.717) is 28.5 Å². The van der Waals surface area contributed by atoms with Gasteiger partial charge in [0.05, 0.1) is 5.75 Å². The van der Waals surface area contributed by atoms with Crippen LogP contribution in [0, 0.1) is 0 Å². The Morgan fingerprint density at radius 2 is 2.04 bits per heavy atom. The third-order valence-corrected chi connectivity index (χ3v) is 5.78. The number of imidazole rings is 1. The second-order valence-electron chi connectivity index (χ2n) is 5.68. The predicted octanol–water partition coefficient (Wildman–Crippen LogP) is 2.52. The maximum atomic E-state index is 12.6. The quantitative estimate of drug-likeness (QED) is 0.823. The number of carbonyl (C=O) groups is 1. The average Bonchev–Trinajstić information content (AvgIpc) is 3.06. The van der Waals surface area contributed by atoms with E-state index in [4.69, 9.17) is 11.6 Å². The van der Waals surface area contributed by atoms with Crippen LogP contribution >= 0.6 is 11.6 Å². The van der Waals surface area contributed by atoms with E-state index in [-0.39, 0.29) is 23.4 Å². The number of sulfone groups is 1. The van der Waals surface area contributed by atoms with Crippen molar-refractivity contribution in [1.82, 2.24) is 14.9 Å². The van der Waals surface area contributed by atoms with Crippen molar-refractivity contribution >= 4 is 27.3 Å². The molecule has 0 saturated heterocycles. The van der Waals surface area contributed by atoms with Crippen LogP contribution in [-0.4, -0.2) is 36.2 Å². The summed E-state index contributed by atoms with van der Waals surface area (Å²) in [5.41, 5.74) is 1.33. The van der Waals surface area contributed by atoms with E-state index in [0.717, 1.165) is 12.8 Å². The van der Waals surface area contributed by atoms with Gasteiger partial charge in [-0.25, -0.2) is 13.4 Å². The Hall–Kier alpha value is -1.86. The Morgan fingerprint density at radius 3 is 2.71 bits per heavy atom. The monoisotopic (exact) mass is 367 g/mol. The number of amides is 1. The molecule has 0 atom stereocenters. The molecule has 0 saturated carbocycles. The summed E-state index contributed by atoms with van der Waals surface area (Å²) < 4.78 is 25.8. The highest BCUT2D eigenvalue weighted by Gasteiger charge is 2.35. The number of carbonyl (C=O) groups excluding carboxylic acids is 1. The zero-order chi connectivity index (χ0) is 17.3. The molecule has 2 heterocycles. The van der Waals surface area contributed by atoms with E-state index in [1.165, 1.54) is 4.57 Å². The molecule has 0 radical (unpaired) electrons. The molecular weight excluding hydrogens is 350 g/mol. The lowest BCUT2D eigenvalue weighted by Gasteiger charge is -2.08. The largest absolute Gasteiger partial charge is 0.351 e. The summed E-state index contributed by atoms with van der Waals surface area (Å²) in [7, 11) is -3.44. The molecule has 24 heavy (non-hydrogen) atoms. The van der Waals surface area contributed by atoms with E-state index in [2.05, 4.69) is 10.3 Å². The molecule has 1 aliphatic heterocycles. The van der Waals surface area contributed by atoms with Gasteiger partial charge < -0.3 is 9.88 Å². The van der Waals surface area contributed by atoms with Crippen molar-refractivity contribution in [3.05, 3.63) is 35.0 Å². The molecule has 1 N–H and O–H groups in total. The Bertz CT molecular complexity index is 873. The van der Waals surface area contributed by atoms with Crippen LogP contribution in [0.2, 0.25) is 5.02 Å². The molecule has 1 aliphatic rings. The average molecular weight is 368 g/mol. The molecule has 3 rings (SSSR count). The van der Waals surface area contributed by atoms with Crippen molar-refractivity contribution in [2.75, 3.05) is 12.3 Å². The Labute approximate surface area is 145 Å². The van der Waals surface area contributed by atoms with Crippen LogP contribution in [-0.2, 0) is 16.4 Å². The highest BCUT2D eigenvalue weighted by atomic mass is 35.5. The van der Waals surface area contributed by atoms with Gasteiger partial charge in [0, 0.05) is 23.7 Å². The Balaban J connectivity index is 2.08. The van der Waals surface area contributed by atoms with Crippen LogP contribution in [0.4, 0.5) is 0 Å². The van der Waals surface area contributed by atoms with Gasteiger partial charge in [-0.05, 0) is 18.6 Å². The van der Waals surface area contributed by atoms with Gasteiger partial charge in [-0.2, -0.15) is 0 Å². The fraction of sp³-hybridized carbons (Fsp3) is 0.375. The Morgan fingerprint density at radius 1 is 1.33 bits per heavy atom. The number of fused-ring (bicyclic) bond motifs is 1. The van der Waals surface area contributed by atoms with Crippen molar-refractivity contribution in [1.29, 1.82) is 0 Å². The summed E-state index contributed by atoms with van der Waals surface area (Å²) in [5.74, 6) is -0.324. The molecule has 0 fully saturated rings. The van der Waals surface area contributed by atoms with Gasteiger partial charge in [0.1, 0.15) is 11.4 Å². The lowest BCUT2D eigenvalue weighted by molar-refractivity contribution is 0.0944. The van der Waals surface area contributed by atoms with Gasteiger partial charge in [-0.15, -0.1) is 0 Å². The minimum Gasteiger partial charge on any atom is -0.351 e. The lowest BCUT2D eigenvalue weighted by Crippen LogP contribution is -2.27. The first-order chi connectivity index (χ1) is 11.4. The highest BCUT2D eigenvalue weighted by molar-refractivity contribution is 7.91. The van der Waals surface area contributed by atoms with E-state index in [1.807, 2.05) is 6.92 Å². The minimum atomic E-state index is -3.44. The van der Waals surface area contributed by atoms with E-state index in [1.54, 1.807) is 24.3 Å². The first-order valence-corrected chi connectivity index (χ1v) is 9.84. The van der Waals surface area contributed by atoms with Crippen molar-refractivity contribution < 1.29 is 13.2 Å². The van der Waals surface area contributed by atoms with E-state index < -0.39 is 9.84 Å². The topological polar surface area (TPSA) is 81.1 Å². The molecule has 128 valence electrons. The van der Waals surface area contributed by atoms with Gasteiger partial charge in [0.15, 0.2) is 0 Å². The van der Waals surface area contributed by atoms with Crippen LogP contribution in [0.15, 0.2) is 29.4 Å². The number of hydrogen-bond donors (Lipinski definition) is 1. The predicted molar refractivity (Wildman–Crippen MR) is 92.0 cm³/mol. The number of hydrogen-bond acceptors (Lipinski definition) is 4. The van der Waals surface area contributed by atoms with Crippen LogP contribution in [0.1, 0.15) is 30.3 Å². The fourth-order valence-electron chi connectivity index (χ4n) is 2.68. The van der Waals surface area contributed by atoms with Crippen molar-refractivity contribution in [2.24, 2.45) is 0 Å². The minimum absolute atomic E-state index is 0.0224. The summed E-state index contributed by atoms with van der Waals surface area (Å²) in [6.07, 6.45) is 1.82. The molecule has 1 aromatic carbocycles. The van der Waals surface area contributed by atoms with Crippen LogP contribution in [0.3, 0.4) is 0 Å². The van der Waals surface area contributed by atoms with Crippen molar-refractivity contribution in [3.63, 3.8) is 0 Å². The first-order valence-electron chi connectivity index (χ1n) is 7.81. The van der Waals surface area contributed by atoms with Crippen molar-refractivity contribution in [2.45, 2.75) is 31.5 Å². The molecular formula is C16H18ClN3O3S. The fourth-order valence-corrected chi connectivity index (χ4v) is 4.16. The maximum Gasteiger partial charge on any atom is 0.270 e. The number of nitrogens with zero attached hydrogens (tertiary/aromatic N) is 2. The first kappa shape index (κ1) is 17.0. The smallest absolute Gasteiger partial charge is 0.270 e. The number of nitrogens with one attached hydrogen (secondary N) is 1. The lowest BCUT2D eigenvalue weighted by atomic mass is 10.1. The third kappa shape index (κ3) is 3.06. The molecule has 0 unspecified atom stereocenters. The molecule has 0 bridgehead atoms. The molecule has 0 spiro atoms. The maximum absolute atomic E-state index is 12.6. The Kier molecular flexibility index (Phi) is 4.64. The normalized spacial score (nSPS) is 15.2. The number of halogens is 1. The van der Waals surface area contributed by atoms with E-state index in [9.17, 15) is 13.2 Å². The van der Waals surface area contributed by atoms with Crippen LogP contribution in [0.25, 0.3) is 11.3 Å². The van der Waals surface area contributed by atoms with Gasteiger partial charge in [0.25, 0.3) is 5.91 Å². The molecule has 8 heteroatoms. The van der Waals surface area contributed by atoms with Crippen LogP contribution < -0.4 is 5.32 Å². The van der Waals surface area contributed by atoms with Gasteiger partial charge in [0.2, 0.25) is 15.0 Å². The summed E-state index contributed by atoms with van der Waals surface area (Å²) in [4.78, 5) is 16.9. The molecule has 0 aliphatic carbocycles. The highest BCUT2D eigenvalue weighted by Crippen LogP contribution is 2.30. The number of unbranched alkanes of at least 4 members (excludes halogenated alkanes) is 1. The molecule has 2 aromatic rings. The summed E-state index contributed by atoms with van der Waals surface area (Å²) in [6.45, 7) is 2.83. The standard InChI is InChI=1S/C16H18ClN3O3S/c1-2-3-8-18-15(21)14-13(11-4-6-12(17)7-5-11)19-16-20(14)9-10-24(16,22)23/h4-7H,2-3,8-10H2,1H3,(H,18,21). The number of rotatable bonds is 5. The SMILES string of the molecule is CCCCNC(=O)c1c(-c2ccc(Cl)cc2)nc2n1CCS2(=O)=O. The third-order valence-electron chi connectivity index (χ3n) is 3.94. The second-order valence-corrected chi connectivity index (χ2v) is 8.12. The summed E-state index contributed by atoms with van der Waals surface area (Å²) in [5, 5.41) is 3.37. The second kappa shape index (κ2) is 6.57. The van der Waals surface area contributed by atoms with Gasteiger partial charge >= 0.3 is 0 Å². The molecule has 6 nitrogen and oxygen atoms in total. The summed E-state index contributed by atoms with van der Waals surface area (Å²) in [6, 6.07) is 6.84. The van der Waals surface area contributed by atoms with E-state index >= 15 is 0 Å². The molecule has 1 amide bonds.